The van der Waals surface area contributed by atoms with Crippen molar-refractivity contribution < 1.29 is 0 Å². The maximum atomic E-state index is 6.20. The number of halogens is 1. The van der Waals surface area contributed by atoms with E-state index < -0.39 is 0 Å². The van der Waals surface area contributed by atoms with E-state index in [4.69, 9.17) is 11.6 Å². The Morgan fingerprint density at radius 1 is 1.24 bits per heavy atom. The molecular weight excluding hydrogens is 286 g/mol. The van der Waals surface area contributed by atoms with Crippen molar-refractivity contribution in [3.8, 4) is 0 Å². The number of pyridine rings is 1. The van der Waals surface area contributed by atoms with Gasteiger partial charge in [-0.05, 0) is 30.7 Å². The minimum Gasteiger partial charge on any atom is -0.317 e. The molecule has 6 heteroatoms. The maximum Gasteiger partial charge on any atom is 0.146 e. The van der Waals surface area contributed by atoms with Crippen LogP contribution in [0.25, 0.3) is 10.9 Å². The summed E-state index contributed by atoms with van der Waals surface area (Å²) in [7, 11) is 0. The fraction of sp³-hybridized carbons (Fsp3) is 0.267. The molecule has 0 aliphatic rings. The van der Waals surface area contributed by atoms with Crippen LogP contribution in [0.2, 0.25) is 5.02 Å². The van der Waals surface area contributed by atoms with Gasteiger partial charge in [-0.1, -0.05) is 17.7 Å². The van der Waals surface area contributed by atoms with Crippen molar-refractivity contribution in [1.82, 2.24) is 25.1 Å². The van der Waals surface area contributed by atoms with Gasteiger partial charge in [-0.15, -0.1) is 10.2 Å². The highest BCUT2D eigenvalue weighted by Gasteiger charge is 2.06. The third-order valence-electron chi connectivity index (χ3n) is 3.44. The molecule has 0 saturated carbocycles. The molecule has 108 valence electrons. The van der Waals surface area contributed by atoms with Crippen molar-refractivity contribution in [2.75, 3.05) is 0 Å². The highest BCUT2D eigenvalue weighted by Crippen LogP contribution is 2.24. The van der Waals surface area contributed by atoms with Gasteiger partial charge in [0.25, 0.3) is 0 Å². The second-order valence-electron chi connectivity index (χ2n) is 4.74. The number of aromatic nitrogens is 4. The molecule has 5 nitrogen and oxygen atoms in total. The Balaban J connectivity index is 1.75. The van der Waals surface area contributed by atoms with E-state index in [1.807, 2.05) is 28.8 Å². The molecule has 0 unspecified atom stereocenters. The summed E-state index contributed by atoms with van der Waals surface area (Å²) in [5.74, 6) is 0.934. The molecule has 3 aromatic rings. The molecule has 1 aromatic carbocycles. The van der Waals surface area contributed by atoms with Crippen molar-refractivity contribution in [3.63, 3.8) is 0 Å². The first-order chi connectivity index (χ1) is 10.3. The lowest BCUT2D eigenvalue weighted by atomic mass is 10.1. The van der Waals surface area contributed by atoms with Gasteiger partial charge in [-0.3, -0.25) is 4.98 Å². The van der Waals surface area contributed by atoms with Crippen LogP contribution in [0.15, 0.2) is 36.8 Å². The van der Waals surface area contributed by atoms with Crippen LogP contribution in [0.4, 0.5) is 0 Å². The lowest BCUT2D eigenvalue weighted by Crippen LogP contribution is -2.16. The summed E-state index contributed by atoms with van der Waals surface area (Å²) >= 11 is 6.20. The summed E-state index contributed by atoms with van der Waals surface area (Å²) in [6.45, 7) is 4.32. The van der Waals surface area contributed by atoms with Gasteiger partial charge in [-0.25, -0.2) is 0 Å². The van der Waals surface area contributed by atoms with Crippen LogP contribution < -0.4 is 5.32 Å². The van der Waals surface area contributed by atoms with Crippen molar-refractivity contribution in [1.29, 1.82) is 0 Å². The average Bonchev–Trinajstić information content (AvgIpc) is 2.97. The predicted octanol–water partition coefficient (Wildman–Crippen LogP) is 2.79. The molecule has 0 saturated heterocycles. The molecule has 0 fully saturated rings. The molecular formula is C15H16ClN5. The first-order valence-electron chi connectivity index (χ1n) is 6.89. The van der Waals surface area contributed by atoms with E-state index >= 15 is 0 Å². The van der Waals surface area contributed by atoms with Gasteiger partial charge in [0.15, 0.2) is 0 Å². The van der Waals surface area contributed by atoms with Crippen LogP contribution in [-0.4, -0.2) is 19.7 Å². The van der Waals surface area contributed by atoms with E-state index in [9.17, 15) is 0 Å². The normalized spacial score (nSPS) is 11.1. The van der Waals surface area contributed by atoms with Crippen LogP contribution in [-0.2, 0) is 19.6 Å². The Hall–Kier alpha value is -1.98. The molecule has 0 aliphatic heterocycles. The highest BCUT2D eigenvalue weighted by atomic mass is 35.5. The largest absolute Gasteiger partial charge is 0.317 e. The van der Waals surface area contributed by atoms with Gasteiger partial charge in [0.2, 0.25) is 0 Å². The van der Waals surface area contributed by atoms with Gasteiger partial charge < -0.3 is 9.88 Å². The lowest BCUT2D eigenvalue weighted by Gasteiger charge is -2.09. The smallest absolute Gasteiger partial charge is 0.146 e. The molecule has 2 heterocycles. The van der Waals surface area contributed by atoms with E-state index in [1.54, 1.807) is 12.5 Å². The second-order valence-corrected chi connectivity index (χ2v) is 5.15. The molecule has 0 spiro atoms. The summed E-state index contributed by atoms with van der Waals surface area (Å²) in [5, 5.41) is 13.1. The fourth-order valence-electron chi connectivity index (χ4n) is 2.33. The molecule has 0 radical (unpaired) electrons. The van der Waals surface area contributed by atoms with Gasteiger partial charge in [0.05, 0.1) is 12.1 Å². The van der Waals surface area contributed by atoms with Crippen LogP contribution >= 0.6 is 11.6 Å². The van der Waals surface area contributed by atoms with E-state index in [0.717, 1.165) is 33.9 Å². The SMILES string of the molecule is CCn1cnnc1CNCc1ccc(Cl)c2cccnc12. The summed E-state index contributed by atoms with van der Waals surface area (Å²) in [4.78, 5) is 4.43. The molecule has 0 bridgehead atoms. The quantitative estimate of drug-likeness (QED) is 0.787. The standard InChI is InChI=1S/C15H16ClN5/c1-2-21-10-19-20-14(21)9-17-8-11-5-6-13(16)12-4-3-7-18-15(11)12/h3-7,10,17H,2,8-9H2,1H3. The van der Waals surface area contributed by atoms with Crippen molar-refractivity contribution in [2.24, 2.45) is 0 Å². The Kier molecular flexibility index (Phi) is 4.13. The van der Waals surface area contributed by atoms with Crippen LogP contribution in [0.1, 0.15) is 18.3 Å². The minimum absolute atomic E-state index is 0.671. The number of benzene rings is 1. The van der Waals surface area contributed by atoms with E-state index in [-0.39, 0.29) is 0 Å². The van der Waals surface area contributed by atoms with Crippen LogP contribution in [0.5, 0.6) is 0 Å². The second kappa shape index (κ2) is 6.20. The zero-order valence-electron chi connectivity index (χ0n) is 11.8. The third-order valence-corrected chi connectivity index (χ3v) is 3.76. The van der Waals surface area contributed by atoms with Crippen LogP contribution in [0.3, 0.4) is 0 Å². The van der Waals surface area contributed by atoms with Crippen molar-refractivity contribution in [3.05, 3.63) is 53.2 Å². The predicted molar refractivity (Wildman–Crippen MR) is 83.0 cm³/mol. The van der Waals surface area contributed by atoms with E-state index in [0.29, 0.717) is 13.1 Å². The monoisotopic (exact) mass is 301 g/mol. The molecule has 3 rings (SSSR count). The zero-order chi connectivity index (χ0) is 14.7. The number of hydrogen-bond acceptors (Lipinski definition) is 4. The Morgan fingerprint density at radius 3 is 3.00 bits per heavy atom. The third kappa shape index (κ3) is 2.89. The van der Waals surface area contributed by atoms with Crippen molar-refractivity contribution in [2.45, 2.75) is 26.6 Å². The lowest BCUT2D eigenvalue weighted by molar-refractivity contribution is 0.613. The molecule has 0 amide bonds. The van der Waals surface area contributed by atoms with Gasteiger partial charge >= 0.3 is 0 Å². The highest BCUT2D eigenvalue weighted by molar-refractivity contribution is 6.35. The van der Waals surface area contributed by atoms with Crippen LogP contribution in [0, 0.1) is 0 Å². The number of nitrogens with one attached hydrogen (secondary N) is 1. The maximum absolute atomic E-state index is 6.20. The molecule has 1 N–H and O–H groups in total. The first kappa shape index (κ1) is 14.0. The van der Waals surface area contributed by atoms with Gasteiger partial charge in [0, 0.05) is 29.7 Å². The van der Waals surface area contributed by atoms with Gasteiger partial charge in [0.1, 0.15) is 12.2 Å². The molecule has 2 aromatic heterocycles. The Bertz CT molecular complexity index is 753. The van der Waals surface area contributed by atoms with E-state index in [1.165, 1.54) is 0 Å². The summed E-state index contributed by atoms with van der Waals surface area (Å²) < 4.78 is 2.02. The summed E-state index contributed by atoms with van der Waals surface area (Å²) in [5.41, 5.74) is 2.06. The molecule has 0 aliphatic carbocycles. The average molecular weight is 302 g/mol. The number of fused-ring (bicyclic) bond motifs is 1. The Morgan fingerprint density at radius 2 is 2.14 bits per heavy atom. The summed E-state index contributed by atoms with van der Waals surface area (Å²) in [6.07, 6.45) is 3.53. The van der Waals surface area contributed by atoms with E-state index in [2.05, 4.69) is 27.4 Å². The number of aryl methyl sites for hydroxylation is 1. The number of rotatable bonds is 5. The minimum atomic E-state index is 0.671. The summed E-state index contributed by atoms with van der Waals surface area (Å²) in [6, 6.07) is 7.81. The fourth-order valence-corrected chi connectivity index (χ4v) is 2.54. The molecule has 21 heavy (non-hydrogen) atoms. The molecule has 0 atom stereocenters. The van der Waals surface area contributed by atoms with Crippen molar-refractivity contribution >= 4 is 22.5 Å². The number of nitrogens with zero attached hydrogens (tertiary/aromatic N) is 4. The Labute approximate surface area is 128 Å². The first-order valence-corrected chi connectivity index (χ1v) is 7.27. The topological polar surface area (TPSA) is 55.6 Å². The zero-order valence-corrected chi connectivity index (χ0v) is 12.5. The van der Waals surface area contributed by atoms with Gasteiger partial charge in [-0.2, -0.15) is 0 Å². The number of hydrogen-bond donors (Lipinski definition) is 1.